The molecule has 0 fully saturated rings. The number of ether oxygens (including phenoxy) is 1. The van der Waals surface area contributed by atoms with E-state index in [2.05, 4.69) is 0 Å². The second kappa shape index (κ2) is 6.78. The van der Waals surface area contributed by atoms with E-state index in [1.165, 1.54) is 0 Å². The molecule has 0 radical (unpaired) electrons. The second-order valence-corrected chi connectivity index (χ2v) is 4.83. The molecule has 0 saturated heterocycles. The van der Waals surface area contributed by atoms with Gasteiger partial charge in [0.05, 0.1) is 18.1 Å². The van der Waals surface area contributed by atoms with Crippen molar-refractivity contribution >= 4 is 17.6 Å². The van der Waals surface area contributed by atoms with Crippen molar-refractivity contribution in [2.24, 2.45) is 0 Å². The van der Waals surface area contributed by atoms with E-state index in [0.29, 0.717) is 21.9 Å². The average Bonchev–Trinajstić information content (AvgIpc) is 2.47. The van der Waals surface area contributed by atoms with E-state index in [0.717, 1.165) is 5.56 Å². The average molecular weight is 302 g/mol. The monoisotopic (exact) mass is 301 g/mol. The van der Waals surface area contributed by atoms with E-state index >= 15 is 0 Å². The van der Waals surface area contributed by atoms with Crippen molar-refractivity contribution in [2.75, 3.05) is 0 Å². The molecule has 2 rings (SSSR count). The maximum absolute atomic E-state index is 10.6. The molecule has 2 aromatic carbocycles. The molecule has 0 saturated carbocycles. The van der Waals surface area contributed by atoms with E-state index in [4.69, 9.17) is 26.7 Å². The smallest absolute Gasteiger partial charge is 0.307 e. The Morgan fingerprint density at radius 1 is 1.24 bits per heavy atom. The molecular formula is C16H12ClNO3. The van der Waals surface area contributed by atoms with E-state index in [1.807, 2.05) is 6.07 Å². The molecule has 5 heteroatoms. The largest absolute Gasteiger partial charge is 0.489 e. The molecular weight excluding hydrogens is 290 g/mol. The quantitative estimate of drug-likeness (QED) is 0.918. The Labute approximate surface area is 127 Å². The molecule has 21 heavy (non-hydrogen) atoms. The van der Waals surface area contributed by atoms with Gasteiger partial charge in [0, 0.05) is 10.6 Å². The Morgan fingerprint density at radius 2 is 1.95 bits per heavy atom. The third-order valence-corrected chi connectivity index (χ3v) is 3.21. The molecule has 0 aliphatic carbocycles. The third-order valence-electron chi connectivity index (χ3n) is 2.86. The standard InChI is InChI=1S/C16H12ClNO3/c17-15-7-12(9-18)1-4-13(15)10-21-14-5-2-11(3-6-14)8-16(19)20/h1-7H,8,10H2,(H,19,20). The minimum Gasteiger partial charge on any atom is -0.489 e. The summed E-state index contributed by atoms with van der Waals surface area (Å²) in [5, 5.41) is 17.9. The molecule has 0 bridgehead atoms. The lowest BCUT2D eigenvalue weighted by Crippen LogP contribution is -2.00. The minimum atomic E-state index is -0.868. The SMILES string of the molecule is N#Cc1ccc(COc2ccc(CC(=O)O)cc2)c(Cl)c1. The first-order valence-electron chi connectivity index (χ1n) is 6.20. The number of hydrogen-bond donors (Lipinski definition) is 1. The predicted molar refractivity (Wildman–Crippen MR) is 78.3 cm³/mol. The van der Waals surface area contributed by atoms with Gasteiger partial charge in [-0.1, -0.05) is 29.8 Å². The number of carboxylic acids is 1. The highest BCUT2D eigenvalue weighted by Crippen LogP contribution is 2.20. The number of benzene rings is 2. The number of halogens is 1. The van der Waals surface area contributed by atoms with E-state index < -0.39 is 5.97 Å². The van der Waals surface area contributed by atoms with Gasteiger partial charge >= 0.3 is 5.97 Å². The van der Waals surface area contributed by atoms with Gasteiger partial charge < -0.3 is 9.84 Å². The number of hydrogen-bond acceptors (Lipinski definition) is 3. The zero-order chi connectivity index (χ0) is 15.2. The van der Waals surface area contributed by atoms with Gasteiger partial charge in [-0.25, -0.2) is 0 Å². The predicted octanol–water partition coefficient (Wildman–Crippen LogP) is 3.42. The van der Waals surface area contributed by atoms with Crippen LogP contribution in [0.5, 0.6) is 5.75 Å². The lowest BCUT2D eigenvalue weighted by Gasteiger charge is -2.08. The van der Waals surface area contributed by atoms with Crippen molar-refractivity contribution in [3.63, 3.8) is 0 Å². The summed E-state index contributed by atoms with van der Waals surface area (Å²) in [6.45, 7) is 0.281. The van der Waals surface area contributed by atoms with Crippen LogP contribution < -0.4 is 4.74 Å². The summed E-state index contributed by atoms with van der Waals surface area (Å²) in [5.41, 5.74) is 2.00. The molecule has 0 heterocycles. The van der Waals surface area contributed by atoms with Crippen LogP contribution in [0.25, 0.3) is 0 Å². The Balaban J connectivity index is 2.00. The lowest BCUT2D eigenvalue weighted by atomic mass is 10.1. The zero-order valence-corrected chi connectivity index (χ0v) is 11.8. The number of nitriles is 1. The van der Waals surface area contributed by atoms with Crippen LogP contribution in [0.4, 0.5) is 0 Å². The summed E-state index contributed by atoms with van der Waals surface area (Å²) in [7, 11) is 0. The van der Waals surface area contributed by atoms with Gasteiger partial charge in [-0.3, -0.25) is 4.79 Å². The van der Waals surface area contributed by atoms with Crippen LogP contribution >= 0.6 is 11.6 Å². The lowest BCUT2D eigenvalue weighted by molar-refractivity contribution is -0.136. The summed E-state index contributed by atoms with van der Waals surface area (Å²) < 4.78 is 5.59. The van der Waals surface area contributed by atoms with Crippen LogP contribution in [-0.4, -0.2) is 11.1 Å². The number of nitrogens with zero attached hydrogens (tertiary/aromatic N) is 1. The highest BCUT2D eigenvalue weighted by molar-refractivity contribution is 6.31. The van der Waals surface area contributed by atoms with Crippen LogP contribution in [-0.2, 0) is 17.8 Å². The van der Waals surface area contributed by atoms with Gasteiger partial charge in [-0.15, -0.1) is 0 Å². The van der Waals surface area contributed by atoms with Crippen molar-refractivity contribution in [1.29, 1.82) is 5.26 Å². The first-order valence-corrected chi connectivity index (χ1v) is 6.58. The Hall–Kier alpha value is -2.51. The Kier molecular flexibility index (Phi) is 4.81. The van der Waals surface area contributed by atoms with Crippen molar-refractivity contribution < 1.29 is 14.6 Å². The fourth-order valence-corrected chi connectivity index (χ4v) is 2.01. The maximum Gasteiger partial charge on any atom is 0.307 e. The second-order valence-electron chi connectivity index (χ2n) is 4.42. The van der Waals surface area contributed by atoms with Gasteiger partial charge in [0.25, 0.3) is 0 Å². The number of aliphatic carboxylic acids is 1. The molecule has 0 spiro atoms. The van der Waals surface area contributed by atoms with Crippen molar-refractivity contribution in [2.45, 2.75) is 13.0 Å². The molecule has 4 nitrogen and oxygen atoms in total. The van der Waals surface area contributed by atoms with E-state index in [9.17, 15) is 4.79 Å². The van der Waals surface area contributed by atoms with Gasteiger partial charge in [-0.05, 0) is 29.8 Å². The number of carboxylic acid groups (broad SMARTS) is 1. The van der Waals surface area contributed by atoms with Gasteiger partial charge in [0.15, 0.2) is 0 Å². The van der Waals surface area contributed by atoms with Crippen LogP contribution in [0.1, 0.15) is 16.7 Å². The molecule has 0 amide bonds. The minimum absolute atomic E-state index is 0.0122. The summed E-state index contributed by atoms with van der Waals surface area (Å²) >= 11 is 6.06. The highest BCUT2D eigenvalue weighted by Gasteiger charge is 2.04. The molecule has 0 atom stereocenters. The Morgan fingerprint density at radius 3 is 2.52 bits per heavy atom. The van der Waals surface area contributed by atoms with Crippen molar-refractivity contribution in [3.8, 4) is 11.8 Å². The molecule has 1 N–H and O–H groups in total. The summed E-state index contributed by atoms with van der Waals surface area (Å²) in [6, 6.07) is 13.9. The maximum atomic E-state index is 10.6. The van der Waals surface area contributed by atoms with Crippen LogP contribution in [0, 0.1) is 11.3 Å². The summed E-state index contributed by atoms with van der Waals surface area (Å²) in [4.78, 5) is 10.6. The molecule has 0 aliphatic rings. The third kappa shape index (κ3) is 4.23. The molecule has 0 aliphatic heterocycles. The fraction of sp³-hybridized carbons (Fsp3) is 0.125. The van der Waals surface area contributed by atoms with E-state index in [1.54, 1.807) is 42.5 Å². The Bertz CT molecular complexity index is 690. The summed E-state index contributed by atoms with van der Waals surface area (Å²) in [6.07, 6.45) is -0.0122. The van der Waals surface area contributed by atoms with Gasteiger partial charge in [0.2, 0.25) is 0 Å². The van der Waals surface area contributed by atoms with E-state index in [-0.39, 0.29) is 13.0 Å². The van der Waals surface area contributed by atoms with Crippen LogP contribution in [0.15, 0.2) is 42.5 Å². The molecule has 2 aromatic rings. The number of carbonyl (C=O) groups is 1. The molecule has 106 valence electrons. The first-order chi connectivity index (χ1) is 10.1. The highest BCUT2D eigenvalue weighted by atomic mass is 35.5. The van der Waals surface area contributed by atoms with Crippen molar-refractivity contribution in [3.05, 3.63) is 64.2 Å². The molecule has 0 unspecified atom stereocenters. The molecule has 0 aromatic heterocycles. The normalized spacial score (nSPS) is 9.90. The first kappa shape index (κ1) is 14.9. The van der Waals surface area contributed by atoms with Crippen LogP contribution in [0.2, 0.25) is 5.02 Å². The van der Waals surface area contributed by atoms with Crippen LogP contribution in [0.3, 0.4) is 0 Å². The van der Waals surface area contributed by atoms with Crippen molar-refractivity contribution in [1.82, 2.24) is 0 Å². The zero-order valence-electron chi connectivity index (χ0n) is 11.0. The van der Waals surface area contributed by atoms with Gasteiger partial charge in [0.1, 0.15) is 12.4 Å². The number of rotatable bonds is 5. The fourth-order valence-electron chi connectivity index (χ4n) is 1.77. The topological polar surface area (TPSA) is 70.3 Å². The van der Waals surface area contributed by atoms with Gasteiger partial charge in [-0.2, -0.15) is 5.26 Å². The summed E-state index contributed by atoms with van der Waals surface area (Å²) in [5.74, 6) is -0.238.